The van der Waals surface area contributed by atoms with Crippen LogP contribution in [0, 0.1) is 6.92 Å². The predicted molar refractivity (Wildman–Crippen MR) is 99.1 cm³/mol. The number of carboxylic acids is 1. The topological polar surface area (TPSA) is 75.6 Å². The maximum Gasteiger partial charge on any atom is 0.338 e. The molecule has 0 unspecified atom stereocenters. The van der Waals surface area contributed by atoms with Crippen molar-refractivity contribution in [1.82, 2.24) is 0 Å². The fraction of sp³-hybridized carbons (Fsp3) is 0.125. The molecule has 0 aliphatic heterocycles. The largest absolute Gasteiger partial charge is 0.495 e. The van der Waals surface area contributed by atoms with Gasteiger partial charge in [-0.05, 0) is 24.6 Å². The van der Waals surface area contributed by atoms with Gasteiger partial charge in [0, 0.05) is 0 Å². The van der Waals surface area contributed by atoms with E-state index >= 15 is 0 Å². The Balaban J connectivity index is 2.61. The van der Waals surface area contributed by atoms with Crippen LogP contribution in [0.5, 0.6) is 5.75 Å². The van der Waals surface area contributed by atoms with Crippen molar-refractivity contribution in [2.45, 2.75) is 6.92 Å². The smallest absolute Gasteiger partial charge is 0.338 e. The minimum absolute atomic E-state index is 0.209. The summed E-state index contributed by atoms with van der Waals surface area (Å²) in [5, 5.41) is 10.8. The molecule has 0 radical (unpaired) electrons. The van der Waals surface area contributed by atoms with Crippen molar-refractivity contribution in [2.75, 3.05) is 12.4 Å². The molecule has 132 valence electrons. The van der Waals surface area contributed by atoms with E-state index in [1.165, 1.54) is 7.11 Å². The van der Waals surface area contributed by atoms with E-state index < -0.39 is 23.0 Å². The molecule has 2 aromatic carbocycles. The summed E-state index contributed by atoms with van der Waals surface area (Å²) in [5.74, 6) is -1.89. The molecule has 5 nitrogen and oxygen atoms in total. The lowest BCUT2D eigenvalue weighted by Crippen LogP contribution is -2.18. The zero-order valence-corrected chi connectivity index (χ0v) is 15.9. The second-order valence-corrected chi connectivity index (χ2v) is 6.48. The van der Waals surface area contributed by atoms with Gasteiger partial charge in [0.1, 0.15) is 5.75 Å². The summed E-state index contributed by atoms with van der Waals surface area (Å²) in [6.45, 7) is 1.82. The number of rotatable bonds is 4. The van der Waals surface area contributed by atoms with Gasteiger partial charge in [0.15, 0.2) is 0 Å². The van der Waals surface area contributed by atoms with Gasteiger partial charge in [-0.2, -0.15) is 0 Å². The number of carboxylic acid groups (broad SMARTS) is 1. The molecule has 1 amide bonds. The van der Waals surface area contributed by atoms with E-state index in [1.54, 1.807) is 18.2 Å². The number of carbonyl (C=O) groups excluding carboxylic acids is 1. The first-order chi connectivity index (χ1) is 11.7. The van der Waals surface area contributed by atoms with Crippen LogP contribution in [0.15, 0.2) is 18.2 Å². The molecule has 2 rings (SSSR count). The number of hydrogen-bond donors (Lipinski definition) is 2. The third-order valence-corrected chi connectivity index (χ3v) is 5.11. The van der Waals surface area contributed by atoms with Gasteiger partial charge < -0.3 is 15.2 Å². The highest BCUT2D eigenvalue weighted by Gasteiger charge is 2.29. The summed E-state index contributed by atoms with van der Waals surface area (Å²) in [6, 6.07) is 5.11. The monoisotopic (exact) mass is 421 g/mol. The summed E-state index contributed by atoms with van der Waals surface area (Å²) in [6.07, 6.45) is 0. The minimum Gasteiger partial charge on any atom is -0.495 e. The first-order valence-corrected chi connectivity index (χ1v) is 8.25. The lowest BCUT2D eigenvalue weighted by Gasteiger charge is -2.15. The summed E-state index contributed by atoms with van der Waals surface area (Å²) >= 11 is 23.8. The van der Waals surface area contributed by atoms with Crippen LogP contribution in [-0.4, -0.2) is 24.1 Å². The minimum atomic E-state index is -1.47. The van der Waals surface area contributed by atoms with Crippen LogP contribution in [0.4, 0.5) is 5.69 Å². The molecule has 25 heavy (non-hydrogen) atoms. The zero-order valence-electron chi connectivity index (χ0n) is 12.9. The molecule has 9 heteroatoms. The highest BCUT2D eigenvalue weighted by atomic mass is 35.5. The lowest BCUT2D eigenvalue weighted by atomic mass is 10.1. The lowest BCUT2D eigenvalue weighted by molar-refractivity contribution is 0.0692. The first-order valence-electron chi connectivity index (χ1n) is 6.74. The Morgan fingerprint density at radius 1 is 1.00 bits per heavy atom. The number of ether oxygens (including phenoxy) is 1. The van der Waals surface area contributed by atoms with E-state index in [9.17, 15) is 14.7 Å². The van der Waals surface area contributed by atoms with Crippen molar-refractivity contribution in [2.24, 2.45) is 0 Å². The van der Waals surface area contributed by atoms with Crippen molar-refractivity contribution in [3.8, 4) is 5.75 Å². The van der Waals surface area contributed by atoms with Gasteiger partial charge in [-0.15, -0.1) is 0 Å². The fourth-order valence-corrected chi connectivity index (χ4v) is 3.17. The standard InChI is InChI=1S/C16H11Cl4NO4/c1-6-3-4-8(25-2)7(5-6)21-15(22)9-10(16(23)24)12(18)14(20)13(19)11(9)17/h3-5H,1-2H3,(H,21,22)(H,23,24). The van der Waals surface area contributed by atoms with Crippen LogP contribution in [0.2, 0.25) is 20.1 Å². The average molecular weight is 423 g/mol. The molecule has 0 fully saturated rings. The van der Waals surface area contributed by atoms with Crippen molar-refractivity contribution in [3.63, 3.8) is 0 Å². The van der Waals surface area contributed by atoms with Crippen LogP contribution in [0.1, 0.15) is 26.3 Å². The number of aromatic carboxylic acids is 1. The Kier molecular flexibility index (Phi) is 6.06. The third-order valence-electron chi connectivity index (χ3n) is 3.31. The van der Waals surface area contributed by atoms with E-state index in [4.69, 9.17) is 51.1 Å². The van der Waals surface area contributed by atoms with Gasteiger partial charge in [-0.1, -0.05) is 52.5 Å². The predicted octanol–water partition coefficient (Wildman–Crippen LogP) is 5.57. The van der Waals surface area contributed by atoms with Gasteiger partial charge in [0.25, 0.3) is 5.91 Å². The van der Waals surface area contributed by atoms with Crippen LogP contribution in [0.25, 0.3) is 0 Å². The molecular formula is C16H11Cl4NO4. The number of nitrogens with one attached hydrogen (secondary N) is 1. The summed E-state index contributed by atoms with van der Waals surface area (Å²) < 4.78 is 5.17. The Hall–Kier alpha value is -1.66. The van der Waals surface area contributed by atoms with E-state index in [0.717, 1.165) is 5.56 Å². The molecule has 0 atom stereocenters. The highest BCUT2D eigenvalue weighted by molar-refractivity contribution is 6.54. The normalized spacial score (nSPS) is 10.5. The van der Waals surface area contributed by atoms with Gasteiger partial charge in [0.05, 0.1) is 44.0 Å². The van der Waals surface area contributed by atoms with Crippen molar-refractivity contribution >= 4 is 64.0 Å². The van der Waals surface area contributed by atoms with E-state index in [1.807, 2.05) is 6.92 Å². The third kappa shape index (κ3) is 3.80. The van der Waals surface area contributed by atoms with Gasteiger partial charge in [-0.25, -0.2) is 4.79 Å². The summed E-state index contributed by atoms with van der Waals surface area (Å²) in [7, 11) is 1.44. The Morgan fingerprint density at radius 2 is 1.56 bits per heavy atom. The number of anilines is 1. The quantitative estimate of drug-likeness (QED) is 0.498. The number of carbonyl (C=O) groups is 2. The molecule has 0 aliphatic rings. The SMILES string of the molecule is COc1ccc(C)cc1NC(=O)c1c(Cl)c(Cl)c(Cl)c(Cl)c1C(=O)O. The fourth-order valence-electron chi connectivity index (χ4n) is 2.15. The Labute approximate surface area is 163 Å². The molecule has 0 spiro atoms. The zero-order chi connectivity index (χ0) is 18.9. The Bertz CT molecular complexity index is 883. The van der Waals surface area contributed by atoms with Crippen LogP contribution < -0.4 is 10.1 Å². The van der Waals surface area contributed by atoms with Crippen molar-refractivity contribution < 1.29 is 19.4 Å². The maximum atomic E-state index is 12.7. The molecule has 2 N–H and O–H groups in total. The molecule has 0 saturated heterocycles. The molecule has 2 aromatic rings. The van der Waals surface area contributed by atoms with E-state index in [-0.39, 0.29) is 20.1 Å². The molecule has 0 saturated carbocycles. The molecule has 0 aromatic heterocycles. The number of aryl methyl sites for hydroxylation is 1. The molecule has 0 aliphatic carbocycles. The van der Waals surface area contributed by atoms with Crippen molar-refractivity contribution in [1.29, 1.82) is 0 Å². The van der Waals surface area contributed by atoms with Crippen LogP contribution in [0.3, 0.4) is 0 Å². The number of methoxy groups -OCH3 is 1. The number of benzene rings is 2. The van der Waals surface area contributed by atoms with E-state index in [0.29, 0.717) is 11.4 Å². The Morgan fingerprint density at radius 3 is 2.08 bits per heavy atom. The van der Waals surface area contributed by atoms with E-state index in [2.05, 4.69) is 5.32 Å². The first kappa shape index (κ1) is 19.7. The second-order valence-electron chi connectivity index (χ2n) is 4.97. The molecule has 0 heterocycles. The van der Waals surface area contributed by atoms with Gasteiger partial charge in [0.2, 0.25) is 0 Å². The van der Waals surface area contributed by atoms with Gasteiger partial charge in [-0.3, -0.25) is 4.79 Å². The number of amides is 1. The van der Waals surface area contributed by atoms with Gasteiger partial charge >= 0.3 is 5.97 Å². The molecule has 0 bridgehead atoms. The maximum absolute atomic E-state index is 12.7. The molecular weight excluding hydrogens is 412 g/mol. The number of halogens is 4. The van der Waals surface area contributed by atoms with Crippen LogP contribution in [-0.2, 0) is 0 Å². The van der Waals surface area contributed by atoms with Crippen LogP contribution >= 0.6 is 46.4 Å². The summed E-state index contributed by atoms with van der Waals surface area (Å²) in [5.41, 5.74) is 0.261. The highest BCUT2D eigenvalue weighted by Crippen LogP contribution is 2.42. The average Bonchev–Trinajstić information content (AvgIpc) is 2.55. The number of hydrogen-bond acceptors (Lipinski definition) is 3. The van der Waals surface area contributed by atoms with Crippen molar-refractivity contribution in [3.05, 3.63) is 55.0 Å². The second kappa shape index (κ2) is 7.70. The summed E-state index contributed by atoms with van der Waals surface area (Å²) in [4.78, 5) is 24.2.